The molecule has 84 valence electrons. The first-order valence-corrected chi connectivity index (χ1v) is 6.45. The molecule has 0 fully saturated rings. The molecule has 0 saturated heterocycles. The number of hydrogen-bond acceptors (Lipinski definition) is 4. The lowest BCUT2D eigenvalue weighted by Crippen LogP contribution is -2.26. The zero-order chi connectivity index (χ0) is 11.0. The van der Waals surface area contributed by atoms with E-state index in [1.807, 2.05) is 0 Å². The molecule has 1 unspecified atom stereocenters. The monoisotopic (exact) mass is 223 g/mol. The summed E-state index contributed by atoms with van der Waals surface area (Å²) in [5.41, 5.74) is 0. The van der Waals surface area contributed by atoms with Crippen LogP contribution in [-0.4, -0.2) is 31.8 Å². The van der Waals surface area contributed by atoms with E-state index in [1.165, 1.54) is 0 Å². The average Bonchev–Trinajstić information content (AvgIpc) is 2.16. The maximum absolute atomic E-state index is 11.7. The molecule has 0 radical (unpaired) electrons. The fraction of sp³-hybridized carbons (Fsp3) is 0.875. The van der Waals surface area contributed by atoms with Crippen molar-refractivity contribution in [1.29, 1.82) is 0 Å². The first-order valence-electron chi connectivity index (χ1n) is 4.72. The van der Waals surface area contributed by atoms with Gasteiger partial charge in [0, 0.05) is 12.7 Å². The Morgan fingerprint density at radius 2 is 1.93 bits per heavy atom. The van der Waals surface area contributed by atoms with Crippen molar-refractivity contribution in [3.05, 3.63) is 0 Å². The second kappa shape index (κ2) is 6.98. The smallest absolute Gasteiger partial charge is 0.330 e. The van der Waals surface area contributed by atoms with Crippen LogP contribution in [0.25, 0.3) is 0 Å². The summed E-state index contributed by atoms with van der Waals surface area (Å²) in [7, 11) is -3.04. The SMILES string of the molecule is CCNC(=O)COP(=O)(CC)OCC. The van der Waals surface area contributed by atoms with Crippen LogP contribution in [0.1, 0.15) is 20.8 Å². The molecule has 0 aromatic carbocycles. The molecule has 0 saturated carbocycles. The van der Waals surface area contributed by atoms with Gasteiger partial charge in [-0.15, -0.1) is 0 Å². The maximum atomic E-state index is 11.7. The Hall–Kier alpha value is -0.380. The molecule has 1 atom stereocenters. The lowest BCUT2D eigenvalue weighted by molar-refractivity contribution is -0.123. The van der Waals surface area contributed by atoms with Crippen LogP contribution in [0.4, 0.5) is 0 Å². The molecule has 0 aliphatic heterocycles. The summed E-state index contributed by atoms with van der Waals surface area (Å²) in [6, 6.07) is 0. The zero-order valence-corrected chi connectivity index (χ0v) is 9.80. The van der Waals surface area contributed by atoms with E-state index in [0.717, 1.165) is 0 Å². The van der Waals surface area contributed by atoms with Crippen molar-refractivity contribution in [2.75, 3.05) is 25.9 Å². The Bertz CT molecular complexity index is 219. The van der Waals surface area contributed by atoms with Crippen molar-refractivity contribution in [2.45, 2.75) is 20.8 Å². The van der Waals surface area contributed by atoms with Gasteiger partial charge in [-0.2, -0.15) is 0 Å². The minimum Gasteiger partial charge on any atom is -0.354 e. The van der Waals surface area contributed by atoms with E-state index in [1.54, 1.807) is 20.8 Å². The average molecular weight is 223 g/mol. The molecule has 5 nitrogen and oxygen atoms in total. The molecule has 0 aromatic heterocycles. The van der Waals surface area contributed by atoms with Gasteiger partial charge in [-0.05, 0) is 13.8 Å². The molecule has 6 heteroatoms. The van der Waals surface area contributed by atoms with Gasteiger partial charge < -0.3 is 9.84 Å². The lowest BCUT2D eigenvalue weighted by Gasteiger charge is -2.15. The number of amides is 1. The number of likely N-dealkylation sites (N-methyl/N-ethyl adjacent to an activating group) is 1. The highest BCUT2D eigenvalue weighted by molar-refractivity contribution is 7.53. The minimum absolute atomic E-state index is 0.209. The number of hydrogen-bond donors (Lipinski definition) is 1. The van der Waals surface area contributed by atoms with Crippen molar-refractivity contribution in [3.63, 3.8) is 0 Å². The van der Waals surface area contributed by atoms with E-state index < -0.39 is 7.60 Å². The van der Waals surface area contributed by atoms with Gasteiger partial charge in [0.25, 0.3) is 0 Å². The Morgan fingerprint density at radius 1 is 1.29 bits per heavy atom. The van der Waals surface area contributed by atoms with Crippen LogP contribution in [0, 0.1) is 0 Å². The van der Waals surface area contributed by atoms with Gasteiger partial charge in [0.15, 0.2) is 0 Å². The van der Waals surface area contributed by atoms with Crippen LogP contribution >= 0.6 is 7.60 Å². The van der Waals surface area contributed by atoms with Crippen molar-refractivity contribution < 1.29 is 18.4 Å². The summed E-state index contributed by atoms with van der Waals surface area (Å²) in [4.78, 5) is 11.0. The van der Waals surface area contributed by atoms with Gasteiger partial charge in [0.05, 0.1) is 6.61 Å². The molecule has 1 N–H and O–H groups in total. The second-order valence-corrected chi connectivity index (χ2v) is 4.94. The van der Waals surface area contributed by atoms with Gasteiger partial charge in [-0.1, -0.05) is 6.92 Å². The Balaban J connectivity index is 3.94. The number of nitrogens with one attached hydrogen (secondary N) is 1. The first kappa shape index (κ1) is 13.6. The Kier molecular flexibility index (Phi) is 6.79. The van der Waals surface area contributed by atoms with Crippen LogP contribution in [0.15, 0.2) is 0 Å². The minimum atomic E-state index is -3.04. The summed E-state index contributed by atoms with van der Waals surface area (Å²) in [6.07, 6.45) is 0.278. The molecule has 0 spiro atoms. The molecule has 0 rings (SSSR count). The zero-order valence-electron chi connectivity index (χ0n) is 8.91. The highest BCUT2D eigenvalue weighted by Crippen LogP contribution is 2.47. The predicted octanol–water partition coefficient (Wildman–Crippen LogP) is 1.39. The van der Waals surface area contributed by atoms with E-state index in [2.05, 4.69) is 5.32 Å². The van der Waals surface area contributed by atoms with E-state index >= 15 is 0 Å². The third kappa shape index (κ3) is 5.37. The Labute approximate surface area is 84.7 Å². The van der Waals surface area contributed by atoms with Crippen LogP contribution in [-0.2, 0) is 18.4 Å². The molecular weight excluding hydrogens is 205 g/mol. The second-order valence-electron chi connectivity index (χ2n) is 2.57. The van der Waals surface area contributed by atoms with Gasteiger partial charge >= 0.3 is 7.60 Å². The molecule has 0 aromatic rings. The molecule has 0 heterocycles. The van der Waals surface area contributed by atoms with E-state index in [-0.39, 0.29) is 18.7 Å². The fourth-order valence-corrected chi connectivity index (χ4v) is 1.97. The predicted molar refractivity (Wildman–Crippen MR) is 54.4 cm³/mol. The largest absolute Gasteiger partial charge is 0.354 e. The molecule has 1 amide bonds. The van der Waals surface area contributed by atoms with Crippen molar-refractivity contribution in [1.82, 2.24) is 5.32 Å². The van der Waals surface area contributed by atoms with Crippen LogP contribution < -0.4 is 5.32 Å². The lowest BCUT2D eigenvalue weighted by atomic mass is 10.6. The third-order valence-electron chi connectivity index (χ3n) is 1.48. The van der Waals surface area contributed by atoms with Crippen LogP contribution in [0.5, 0.6) is 0 Å². The standard InChI is InChI=1S/C8H18NO4P/c1-4-9-8(10)7-13-14(11,6-3)12-5-2/h4-7H2,1-3H3,(H,9,10). The van der Waals surface area contributed by atoms with E-state index in [9.17, 15) is 9.36 Å². The number of carbonyl (C=O) groups excluding carboxylic acids is 1. The molecule has 0 aliphatic carbocycles. The number of rotatable bonds is 7. The quantitative estimate of drug-likeness (QED) is 0.662. The number of carbonyl (C=O) groups is 1. The van der Waals surface area contributed by atoms with Gasteiger partial charge in [0.2, 0.25) is 5.91 Å². The first-order chi connectivity index (χ1) is 6.58. The molecular formula is C8H18NO4P. The van der Waals surface area contributed by atoms with Gasteiger partial charge in [-0.25, -0.2) is 0 Å². The van der Waals surface area contributed by atoms with E-state index in [0.29, 0.717) is 13.2 Å². The summed E-state index contributed by atoms with van der Waals surface area (Å²) in [6.45, 7) is 5.89. The maximum Gasteiger partial charge on any atom is 0.330 e. The van der Waals surface area contributed by atoms with Crippen molar-refractivity contribution >= 4 is 13.5 Å². The molecule has 0 aliphatic rings. The third-order valence-corrected chi connectivity index (χ3v) is 3.43. The molecule has 0 bridgehead atoms. The summed E-state index contributed by atoms with van der Waals surface area (Å²) in [5.74, 6) is -0.277. The summed E-state index contributed by atoms with van der Waals surface area (Å²) < 4.78 is 21.6. The van der Waals surface area contributed by atoms with E-state index in [4.69, 9.17) is 9.05 Å². The fourth-order valence-electron chi connectivity index (χ4n) is 0.822. The highest BCUT2D eigenvalue weighted by Gasteiger charge is 2.22. The van der Waals surface area contributed by atoms with Crippen molar-refractivity contribution in [3.8, 4) is 0 Å². The summed E-state index contributed by atoms with van der Waals surface area (Å²) in [5, 5.41) is 2.54. The van der Waals surface area contributed by atoms with Crippen LogP contribution in [0.3, 0.4) is 0 Å². The Morgan fingerprint density at radius 3 is 2.36 bits per heavy atom. The van der Waals surface area contributed by atoms with Crippen LogP contribution in [0.2, 0.25) is 0 Å². The highest BCUT2D eigenvalue weighted by atomic mass is 31.2. The summed E-state index contributed by atoms with van der Waals surface area (Å²) >= 11 is 0. The topological polar surface area (TPSA) is 64.6 Å². The molecule has 14 heavy (non-hydrogen) atoms. The normalized spacial score (nSPS) is 14.8. The van der Waals surface area contributed by atoms with Crippen molar-refractivity contribution in [2.24, 2.45) is 0 Å². The van der Waals surface area contributed by atoms with Gasteiger partial charge in [-0.3, -0.25) is 13.9 Å². The van der Waals surface area contributed by atoms with Gasteiger partial charge in [0.1, 0.15) is 6.61 Å².